The van der Waals surface area contributed by atoms with Crippen LogP contribution in [0, 0.1) is 5.92 Å². The molecule has 21 heavy (non-hydrogen) atoms. The zero-order valence-electron chi connectivity index (χ0n) is 11.7. The Morgan fingerprint density at radius 3 is 3.14 bits per heavy atom. The van der Waals surface area contributed by atoms with Crippen LogP contribution in [0.15, 0.2) is 28.2 Å². The zero-order valence-corrected chi connectivity index (χ0v) is 13.3. The fourth-order valence-corrected chi connectivity index (χ4v) is 3.25. The van der Waals surface area contributed by atoms with E-state index in [0.29, 0.717) is 18.7 Å². The van der Waals surface area contributed by atoms with Crippen LogP contribution in [0.4, 0.5) is 0 Å². The predicted molar refractivity (Wildman–Crippen MR) is 84.0 cm³/mol. The van der Waals surface area contributed by atoms with Crippen molar-refractivity contribution in [3.63, 3.8) is 0 Å². The third-order valence-corrected chi connectivity index (χ3v) is 4.52. The van der Waals surface area contributed by atoms with Gasteiger partial charge in [0, 0.05) is 29.7 Å². The van der Waals surface area contributed by atoms with Crippen molar-refractivity contribution < 1.29 is 14.6 Å². The van der Waals surface area contributed by atoms with E-state index >= 15 is 0 Å². The Morgan fingerprint density at radius 1 is 1.48 bits per heavy atom. The summed E-state index contributed by atoms with van der Waals surface area (Å²) in [4.78, 5) is 14.4. The fourth-order valence-electron chi connectivity index (χ4n) is 2.87. The first-order valence-electron chi connectivity index (χ1n) is 7.20. The number of piperidine rings is 1. The average molecular weight is 352 g/mol. The number of aliphatic hydroxyl groups excluding tert-OH is 1. The Balaban J connectivity index is 1.79. The predicted octanol–water partition coefficient (Wildman–Crippen LogP) is 2.46. The minimum atomic E-state index is 0.0266. The molecule has 1 aromatic carbocycles. The Labute approximate surface area is 132 Å². The van der Waals surface area contributed by atoms with Crippen LogP contribution >= 0.6 is 15.9 Å². The molecule has 0 spiro atoms. The van der Waals surface area contributed by atoms with Gasteiger partial charge in [-0.3, -0.25) is 4.79 Å². The molecule has 1 N–H and O–H groups in total. The molecule has 1 amide bonds. The molecule has 3 rings (SSSR count). The molecule has 5 heteroatoms. The van der Waals surface area contributed by atoms with Gasteiger partial charge >= 0.3 is 0 Å². The number of likely N-dealkylation sites (tertiary alicyclic amines) is 1. The number of fused-ring (bicyclic) bond motifs is 1. The van der Waals surface area contributed by atoms with E-state index in [1.807, 2.05) is 29.2 Å². The monoisotopic (exact) mass is 351 g/mol. The van der Waals surface area contributed by atoms with Gasteiger partial charge in [-0.15, -0.1) is 0 Å². The first-order chi connectivity index (χ1) is 10.2. The van der Waals surface area contributed by atoms with E-state index in [1.54, 1.807) is 0 Å². The molecular weight excluding hydrogens is 334 g/mol. The summed E-state index contributed by atoms with van der Waals surface area (Å²) in [5.41, 5.74) is 1.61. The Hall–Kier alpha value is -1.33. The van der Waals surface area contributed by atoms with Crippen LogP contribution in [0.3, 0.4) is 0 Å². The summed E-state index contributed by atoms with van der Waals surface area (Å²) in [5, 5.41) is 9.28. The summed E-state index contributed by atoms with van der Waals surface area (Å²) >= 11 is 3.43. The number of halogens is 1. The number of aliphatic hydroxyl groups is 1. The van der Waals surface area contributed by atoms with Gasteiger partial charge in [0.2, 0.25) is 0 Å². The lowest BCUT2D eigenvalue weighted by Gasteiger charge is -2.33. The number of amides is 1. The first kappa shape index (κ1) is 14.6. The molecule has 0 saturated carbocycles. The van der Waals surface area contributed by atoms with E-state index in [-0.39, 0.29) is 18.4 Å². The van der Waals surface area contributed by atoms with E-state index < -0.39 is 0 Å². The maximum Gasteiger partial charge on any atom is 0.253 e. The topological polar surface area (TPSA) is 49.8 Å². The van der Waals surface area contributed by atoms with Crippen molar-refractivity contribution in [3.05, 3.63) is 33.8 Å². The molecule has 112 valence electrons. The Kier molecular flexibility index (Phi) is 4.31. The number of ether oxygens (including phenoxy) is 1. The van der Waals surface area contributed by atoms with Crippen molar-refractivity contribution in [1.82, 2.24) is 4.90 Å². The normalized spacial score (nSPS) is 21.3. The zero-order chi connectivity index (χ0) is 14.8. The second-order valence-electron chi connectivity index (χ2n) is 5.58. The standard InChI is InChI=1S/C16H18BrNO3/c17-14-3-4-15-12(7-14)6-13(10-21-15)16(20)18-5-1-2-11(8-18)9-19/h3-4,6-7,11,19H,1-2,5,8-10H2. The van der Waals surface area contributed by atoms with Crippen molar-refractivity contribution in [2.45, 2.75) is 12.8 Å². The summed E-state index contributed by atoms with van der Waals surface area (Å²) in [5.74, 6) is 1.04. The van der Waals surface area contributed by atoms with Crippen LogP contribution in [0.2, 0.25) is 0 Å². The molecular formula is C16H18BrNO3. The molecule has 2 aliphatic heterocycles. The highest BCUT2D eigenvalue weighted by Gasteiger charge is 2.27. The molecule has 0 bridgehead atoms. The quantitative estimate of drug-likeness (QED) is 0.890. The summed E-state index contributed by atoms with van der Waals surface area (Å²) in [6.45, 7) is 1.86. The fraction of sp³-hybridized carbons (Fsp3) is 0.438. The van der Waals surface area contributed by atoms with Crippen molar-refractivity contribution >= 4 is 27.9 Å². The maximum atomic E-state index is 12.6. The second-order valence-corrected chi connectivity index (χ2v) is 6.50. The van der Waals surface area contributed by atoms with Gasteiger partial charge in [0.25, 0.3) is 5.91 Å². The highest BCUT2D eigenvalue weighted by atomic mass is 79.9. The minimum absolute atomic E-state index is 0.0266. The molecule has 1 unspecified atom stereocenters. The van der Waals surface area contributed by atoms with E-state index in [2.05, 4.69) is 15.9 Å². The van der Waals surface area contributed by atoms with Crippen molar-refractivity contribution in [2.75, 3.05) is 26.3 Å². The number of hydrogen-bond acceptors (Lipinski definition) is 3. The van der Waals surface area contributed by atoms with Gasteiger partial charge < -0.3 is 14.7 Å². The molecule has 1 fully saturated rings. The molecule has 1 atom stereocenters. The van der Waals surface area contributed by atoms with Gasteiger partial charge in [0.05, 0.1) is 5.57 Å². The van der Waals surface area contributed by atoms with Gasteiger partial charge in [-0.05, 0) is 43.0 Å². The summed E-state index contributed by atoms with van der Waals surface area (Å²) in [6, 6.07) is 5.78. The SMILES string of the molecule is O=C(C1=Cc2cc(Br)ccc2OC1)N1CCCC(CO)C1. The molecule has 0 aliphatic carbocycles. The van der Waals surface area contributed by atoms with Gasteiger partial charge in [0.1, 0.15) is 12.4 Å². The number of carbonyl (C=O) groups is 1. The van der Waals surface area contributed by atoms with Crippen molar-refractivity contribution in [2.24, 2.45) is 5.92 Å². The van der Waals surface area contributed by atoms with Crippen molar-refractivity contribution in [1.29, 1.82) is 0 Å². The molecule has 2 heterocycles. The molecule has 0 aromatic heterocycles. The summed E-state index contributed by atoms with van der Waals surface area (Å²) < 4.78 is 6.64. The average Bonchev–Trinajstić information content (AvgIpc) is 2.53. The van der Waals surface area contributed by atoms with Crippen molar-refractivity contribution in [3.8, 4) is 5.75 Å². The smallest absolute Gasteiger partial charge is 0.253 e. The van der Waals surface area contributed by atoms with E-state index in [4.69, 9.17) is 4.74 Å². The third-order valence-electron chi connectivity index (χ3n) is 4.02. The van der Waals surface area contributed by atoms with E-state index in [1.165, 1.54) is 0 Å². The van der Waals surface area contributed by atoms with Crippen LogP contribution in [-0.2, 0) is 4.79 Å². The molecule has 0 radical (unpaired) electrons. The van der Waals surface area contributed by atoms with Crippen LogP contribution in [0.5, 0.6) is 5.75 Å². The number of carbonyl (C=O) groups excluding carboxylic acids is 1. The summed E-state index contributed by atoms with van der Waals surface area (Å²) in [7, 11) is 0. The van der Waals surface area contributed by atoms with Crippen LogP contribution < -0.4 is 4.74 Å². The minimum Gasteiger partial charge on any atom is -0.488 e. The van der Waals surface area contributed by atoms with E-state index in [9.17, 15) is 9.90 Å². The Bertz CT molecular complexity index is 585. The van der Waals surface area contributed by atoms with Crippen LogP contribution in [-0.4, -0.2) is 42.2 Å². The van der Waals surface area contributed by atoms with Gasteiger partial charge in [-0.1, -0.05) is 15.9 Å². The lowest BCUT2D eigenvalue weighted by molar-refractivity contribution is -0.129. The van der Waals surface area contributed by atoms with Gasteiger partial charge in [-0.25, -0.2) is 0 Å². The molecule has 1 saturated heterocycles. The highest BCUT2D eigenvalue weighted by Crippen LogP contribution is 2.30. The molecule has 4 nitrogen and oxygen atoms in total. The third kappa shape index (κ3) is 3.14. The van der Waals surface area contributed by atoms with E-state index in [0.717, 1.165) is 35.2 Å². The summed E-state index contributed by atoms with van der Waals surface area (Å²) in [6.07, 6.45) is 3.85. The van der Waals surface area contributed by atoms with Crippen LogP contribution in [0.1, 0.15) is 18.4 Å². The number of rotatable bonds is 2. The molecule has 1 aromatic rings. The Morgan fingerprint density at radius 2 is 2.33 bits per heavy atom. The first-order valence-corrected chi connectivity index (χ1v) is 7.99. The number of nitrogens with zero attached hydrogens (tertiary/aromatic N) is 1. The largest absolute Gasteiger partial charge is 0.488 e. The van der Waals surface area contributed by atoms with Crippen LogP contribution in [0.25, 0.3) is 6.08 Å². The molecule has 2 aliphatic rings. The lowest BCUT2D eigenvalue weighted by Crippen LogP contribution is -2.42. The lowest BCUT2D eigenvalue weighted by atomic mass is 9.98. The highest BCUT2D eigenvalue weighted by molar-refractivity contribution is 9.10. The number of hydrogen-bond donors (Lipinski definition) is 1. The second kappa shape index (κ2) is 6.20. The number of benzene rings is 1. The van der Waals surface area contributed by atoms with Gasteiger partial charge in [0.15, 0.2) is 0 Å². The van der Waals surface area contributed by atoms with Gasteiger partial charge in [-0.2, -0.15) is 0 Å². The maximum absolute atomic E-state index is 12.6.